The molecule has 0 saturated carbocycles. The Morgan fingerprint density at radius 3 is 2.79 bits per heavy atom. The van der Waals surface area contributed by atoms with Crippen LogP contribution in [0.4, 0.5) is 11.9 Å². The first kappa shape index (κ1) is 10.9. The Hall–Kier alpha value is -1.14. The first-order chi connectivity index (χ1) is 6.63. The summed E-state index contributed by atoms with van der Waals surface area (Å²) in [7, 11) is 0. The Kier molecular flexibility index (Phi) is 3.84. The minimum Gasteiger partial charge on any atom is -0.395 e. The van der Waals surface area contributed by atoms with Gasteiger partial charge in [0.05, 0.1) is 12.0 Å². The number of halogens is 1. The second-order valence-electron chi connectivity index (χ2n) is 2.64. The van der Waals surface area contributed by atoms with E-state index < -0.39 is 0 Å². The fourth-order valence-electron chi connectivity index (χ4n) is 0.834. The Morgan fingerprint density at radius 1 is 1.50 bits per heavy atom. The van der Waals surface area contributed by atoms with Crippen LogP contribution < -0.4 is 11.1 Å². The third-order valence-corrected chi connectivity index (χ3v) is 1.62. The van der Waals surface area contributed by atoms with E-state index in [1.54, 1.807) is 6.92 Å². The maximum atomic E-state index is 8.58. The van der Waals surface area contributed by atoms with Crippen LogP contribution in [0.3, 0.4) is 0 Å². The largest absolute Gasteiger partial charge is 0.395 e. The van der Waals surface area contributed by atoms with E-state index in [0.29, 0.717) is 18.3 Å². The standard InChI is InChI=1S/C7H12ClN5O/c1-4(8)5-11-6(9)13-7(12-5)10-2-3-14/h4,14H,2-3H2,1H3,(H3,9,10,11,12,13). The molecule has 0 saturated heterocycles. The fourth-order valence-corrected chi connectivity index (χ4v) is 0.932. The molecule has 1 atom stereocenters. The fraction of sp³-hybridized carbons (Fsp3) is 0.571. The number of rotatable bonds is 4. The summed E-state index contributed by atoms with van der Waals surface area (Å²) >= 11 is 5.80. The smallest absolute Gasteiger partial charge is 0.227 e. The minimum atomic E-state index is -0.324. The lowest BCUT2D eigenvalue weighted by Gasteiger charge is -2.06. The van der Waals surface area contributed by atoms with Gasteiger partial charge in [-0.2, -0.15) is 15.0 Å². The molecule has 0 aliphatic heterocycles. The molecule has 14 heavy (non-hydrogen) atoms. The molecule has 1 unspecified atom stereocenters. The number of hydrogen-bond acceptors (Lipinski definition) is 6. The van der Waals surface area contributed by atoms with Gasteiger partial charge in [-0.3, -0.25) is 0 Å². The van der Waals surface area contributed by atoms with Crippen molar-refractivity contribution in [3.8, 4) is 0 Å². The van der Waals surface area contributed by atoms with Gasteiger partial charge in [-0.1, -0.05) is 0 Å². The summed E-state index contributed by atoms with van der Waals surface area (Å²) in [6, 6.07) is 0. The summed E-state index contributed by atoms with van der Waals surface area (Å²) < 4.78 is 0. The second kappa shape index (κ2) is 4.92. The van der Waals surface area contributed by atoms with Gasteiger partial charge in [-0.05, 0) is 6.92 Å². The minimum absolute atomic E-state index is 0.00263. The molecule has 0 aliphatic carbocycles. The number of aliphatic hydroxyl groups is 1. The molecule has 0 aromatic carbocycles. The maximum absolute atomic E-state index is 8.58. The molecule has 1 aromatic heterocycles. The van der Waals surface area contributed by atoms with E-state index in [1.165, 1.54) is 0 Å². The van der Waals surface area contributed by atoms with Gasteiger partial charge in [0, 0.05) is 6.54 Å². The number of aromatic nitrogens is 3. The van der Waals surface area contributed by atoms with Crippen molar-refractivity contribution in [2.24, 2.45) is 0 Å². The highest BCUT2D eigenvalue weighted by Crippen LogP contribution is 2.16. The quantitative estimate of drug-likeness (QED) is 0.622. The maximum Gasteiger partial charge on any atom is 0.227 e. The Balaban J connectivity index is 2.84. The average Bonchev–Trinajstić information content (AvgIpc) is 2.14. The highest BCUT2D eigenvalue weighted by Gasteiger charge is 2.08. The van der Waals surface area contributed by atoms with E-state index in [-0.39, 0.29) is 17.9 Å². The van der Waals surface area contributed by atoms with E-state index in [9.17, 15) is 0 Å². The average molecular weight is 218 g/mol. The van der Waals surface area contributed by atoms with Gasteiger partial charge in [-0.25, -0.2) is 0 Å². The van der Waals surface area contributed by atoms with Gasteiger partial charge < -0.3 is 16.2 Å². The van der Waals surface area contributed by atoms with Crippen LogP contribution in [-0.4, -0.2) is 33.2 Å². The molecule has 78 valence electrons. The summed E-state index contributed by atoms with van der Waals surface area (Å²) in [5.41, 5.74) is 5.45. The Labute approximate surface area is 86.5 Å². The van der Waals surface area contributed by atoms with Crippen LogP contribution in [0.15, 0.2) is 0 Å². The normalized spacial score (nSPS) is 12.5. The van der Waals surface area contributed by atoms with E-state index in [4.69, 9.17) is 22.4 Å². The van der Waals surface area contributed by atoms with Crippen molar-refractivity contribution in [2.45, 2.75) is 12.3 Å². The molecular formula is C7H12ClN5O. The lowest BCUT2D eigenvalue weighted by atomic mass is 10.4. The lowest BCUT2D eigenvalue weighted by Crippen LogP contribution is -2.12. The number of alkyl halides is 1. The number of aliphatic hydroxyl groups excluding tert-OH is 1. The highest BCUT2D eigenvalue weighted by molar-refractivity contribution is 6.20. The van der Waals surface area contributed by atoms with Crippen molar-refractivity contribution in [3.63, 3.8) is 0 Å². The van der Waals surface area contributed by atoms with E-state index >= 15 is 0 Å². The van der Waals surface area contributed by atoms with Crippen molar-refractivity contribution in [3.05, 3.63) is 5.82 Å². The zero-order chi connectivity index (χ0) is 10.6. The molecule has 4 N–H and O–H groups in total. The predicted molar refractivity (Wildman–Crippen MR) is 54.1 cm³/mol. The third-order valence-electron chi connectivity index (χ3n) is 1.42. The summed E-state index contributed by atoms with van der Waals surface area (Å²) in [5.74, 6) is 0.858. The summed E-state index contributed by atoms with van der Waals surface area (Å²) in [4.78, 5) is 11.7. The van der Waals surface area contributed by atoms with Crippen molar-refractivity contribution in [1.29, 1.82) is 0 Å². The van der Waals surface area contributed by atoms with Crippen LogP contribution >= 0.6 is 11.6 Å². The lowest BCUT2D eigenvalue weighted by molar-refractivity contribution is 0.310. The van der Waals surface area contributed by atoms with Gasteiger partial charge in [0.15, 0.2) is 5.82 Å². The molecule has 7 heteroatoms. The van der Waals surface area contributed by atoms with Gasteiger partial charge >= 0.3 is 0 Å². The zero-order valence-electron chi connectivity index (χ0n) is 7.74. The number of hydrogen-bond donors (Lipinski definition) is 3. The van der Waals surface area contributed by atoms with Crippen LogP contribution in [0.25, 0.3) is 0 Å². The highest BCUT2D eigenvalue weighted by atomic mass is 35.5. The molecule has 0 amide bonds. The molecule has 6 nitrogen and oxygen atoms in total. The molecule has 0 radical (unpaired) electrons. The van der Waals surface area contributed by atoms with Gasteiger partial charge in [0.1, 0.15) is 0 Å². The van der Waals surface area contributed by atoms with Gasteiger partial charge in [0.2, 0.25) is 11.9 Å². The predicted octanol–water partition coefficient (Wildman–Crippen LogP) is 0.158. The van der Waals surface area contributed by atoms with Crippen molar-refractivity contribution in [1.82, 2.24) is 15.0 Å². The first-order valence-corrected chi connectivity index (χ1v) is 4.57. The second-order valence-corrected chi connectivity index (χ2v) is 3.30. The van der Waals surface area contributed by atoms with Crippen LogP contribution in [0.1, 0.15) is 18.1 Å². The van der Waals surface area contributed by atoms with Crippen LogP contribution in [-0.2, 0) is 0 Å². The van der Waals surface area contributed by atoms with Crippen LogP contribution in [0.5, 0.6) is 0 Å². The summed E-state index contributed by atoms with van der Waals surface area (Å²) in [6.45, 7) is 2.10. The Bertz CT molecular complexity index is 306. The molecule has 1 rings (SSSR count). The number of anilines is 2. The first-order valence-electron chi connectivity index (χ1n) is 4.13. The number of nitrogen functional groups attached to an aromatic ring is 1. The SMILES string of the molecule is CC(Cl)c1nc(N)nc(NCCO)n1. The van der Waals surface area contributed by atoms with Gasteiger partial charge in [-0.15, -0.1) is 11.6 Å². The summed E-state index contributed by atoms with van der Waals surface area (Å²) in [6.07, 6.45) is 0. The topological polar surface area (TPSA) is 97.0 Å². The molecule has 0 fully saturated rings. The van der Waals surface area contributed by atoms with Crippen molar-refractivity contribution >= 4 is 23.5 Å². The van der Waals surface area contributed by atoms with Crippen molar-refractivity contribution in [2.75, 3.05) is 24.2 Å². The monoisotopic (exact) mass is 217 g/mol. The molecule has 0 spiro atoms. The van der Waals surface area contributed by atoms with Gasteiger partial charge in [0.25, 0.3) is 0 Å². The van der Waals surface area contributed by atoms with Crippen molar-refractivity contribution < 1.29 is 5.11 Å². The zero-order valence-corrected chi connectivity index (χ0v) is 8.49. The Morgan fingerprint density at radius 2 is 2.21 bits per heavy atom. The number of nitrogens with two attached hydrogens (primary N) is 1. The molecular weight excluding hydrogens is 206 g/mol. The molecule has 1 heterocycles. The molecule has 0 aliphatic rings. The van der Waals surface area contributed by atoms with E-state index in [1.807, 2.05) is 0 Å². The number of nitrogens with one attached hydrogen (secondary N) is 1. The van der Waals surface area contributed by atoms with Crippen LogP contribution in [0.2, 0.25) is 0 Å². The third kappa shape index (κ3) is 2.97. The number of nitrogens with zero attached hydrogens (tertiary/aromatic N) is 3. The molecule has 1 aromatic rings. The summed E-state index contributed by atoms with van der Waals surface area (Å²) in [5, 5.41) is 11.0. The van der Waals surface area contributed by atoms with E-state index in [0.717, 1.165) is 0 Å². The molecule has 0 bridgehead atoms. The van der Waals surface area contributed by atoms with Crippen LogP contribution in [0, 0.1) is 0 Å². The van der Waals surface area contributed by atoms with E-state index in [2.05, 4.69) is 20.3 Å².